The Kier molecular flexibility index (Phi) is 11.6. The normalized spacial score (nSPS) is 7.20. The second-order valence-corrected chi connectivity index (χ2v) is 15.5. The van der Waals surface area contributed by atoms with Crippen LogP contribution in [0.4, 0.5) is 0 Å². The summed E-state index contributed by atoms with van der Waals surface area (Å²) in [6.45, 7) is 0. The van der Waals surface area contributed by atoms with Crippen molar-refractivity contribution in [1.29, 1.82) is 0 Å². The summed E-state index contributed by atoms with van der Waals surface area (Å²) < 4.78 is -0.183. The summed E-state index contributed by atoms with van der Waals surface area (Å²) in [5.74, 6) is 0. The monoisotopic (exact) mass is 286 g/mol. The van der Waals surface area contributed by atoms with Crippen LogP contribution in [0.1, 0.15) is 0 Å². The highest BCUT2D eigenvalue weighted by Crippen LogP contribution is 2.59. The summed E-state index contributed by atoms with van der Waals surface area (Å²) >= 11 is 9.51. The summed E-state index contributed by atoms with van der Waals surface area (Å²) in [5.41, 5.74) is 0. The molecule has 0 radical (unpaired) electrons. The van der Waals surface area contributed by atoms with Crippen molar-refractivity contribution < 1.29 is 5.48 Å². The van der Waals surface area contributed by atoms with Gasteiger partial charge in [0.1, 0.15) is 4.03 Å². The van der Waals surface area contributed by atoms with Gasteiger partial charge in [-0.2, -0.15) is 0 Å². The van der Waals surface area contributed by atoms with E-state index in [1.165, 1.54) is 0 Å². The van der Waals surface area contributed by atoms with Crippen molar-refractivity contribution >= 4 is 50.5 Å². The summed E-state index contributed by atoms with van der Waals surface area (Å²) in [5, 5.41) is 0. The molecule has 0 spiro atoms. The van der Waals surface area contributed by atoms with Crippen LogP contribution in [0.5, 0.6) is 0 Å². The van der Waals surface area contributed by atoms with Crippen LogP contribution in [-0.4, -0.2) is 5.48 Å². The highest BCUT2D eigenvalue weighted by Gasteiger charge is 1.77. The molecular weight excluding hydrogens is 287 g/mol. The second kappa shape index (κ2) is 5.83. The average Bonchev–Trinajstić information content (AvgIpc) is 0.811. The minimum absolute atomic E-state index is 0. The standard InChI is InChI=1S/Br3P.H2O/c1-4(2)3;/h;1H2. The molecule has 0 amide bonds. The third-order valence-electron chi connectivity index (χ3n) is 0. The van der Waals surface area contributed by atoms with Crippen molar-refractivity contribution in [2.75, 3.05) is 0 Å². The van der Waals surface area contributed by atoms with Crippen LogP contribution in [0, 0.1) is 0 Å². The van der Waals surface area contributed by atoms with Gasteiger partial charge in [0.25, 0.3) is 0 Å². The van der Waals surface area contributed by atoms with E-state index in [-0.39, 0.29) is 9.51 Å². The third kappa shape index (κ3) is 25.5. The molecule has 0 bridgehead atoms. The van der Waals surface area contributed by atoms with E-state index in [2.05, 4.69) is 46.5 Å². The number of halogens is 3. The molecule has 0 heterocycles. The second-order valence-electron chi connectivity index (χ2n) is 0.192. The van der Waals surface area contributed by atoms with Crippen molar-refractivity contribution in [3.8, 4) is 0 Å². The molecule has 0 unspecified atom stereocenters. The van der Waals surface area contributed by atoms with Crippen LogP contribution >= 0.6 is 50.5 Å². The van der Waals surface area contributed by atoms with Gasteiger partial charge in [0.15, 0.2) is 0 Å². The van der Waals surface area contributed by atoms with Crippen molar-refractivity contribution in [3.05, 3.63) is 0 Å². The minimum atomic E-state index is -0.183. The van der Waals surface area contributed by atoms with Crippen molar-refractivity contribution in [3.63, 3.8) is 0 Å². The Bertz CT molecular complexity index is 11.6. The summed E-state index contributed by atoms with van der Waals surface area (Å²) in [4.78, 5) is 0. The first-order chi connectivity index (χ1) is 1.73. The Hall–Kier alpha value is 1.83. The molecule has 34 valence electrons. The molecular formula is H2Br3OP. The third-order valence-corrected chi connectivity index (χ3v) is 0. The molecule has 1 nitrogen and oxygen atoms in total. The Morgan fingerprint density at radius 2 is 1.00 bits per heavy atom. The molecule has 0 fully saturated rings. The van der Waals surface area contributed by atoms with Gasteiger partial charge in [-0.3, -0.25) is 0 Å². The Morgan fingerprint density at radius 1 is 1.00 bits per heavy atom. The zero-order valence-corrected chi connectivity index (χ0v) is 7.73. The minimum Gasteiger partial charge on any atom is -0.412 e. The Balaban J connectivity index is 0. The predicted octanol–water partition coefficient (Wildman–Crippen LogP) is 2.57. The highest BCUT2D eigenvalue weighted by molar-refractivity contribution is 9.93. The predicted molar refractivity (Wildman–Crippen MR) is 37.3 cm³/mol. The van der Waals surface area contributed by atoms with Gasteiger partial charge in [0.2, 0.25) is 0 Å². The zero-order valence-electron chi connectivity index (χ0n) is 2.08. The Labute approximate surface area is 55.8 Å². The Morgan fingerprint density at radius 3 is 1.00 bits per heavy atom. The smallest absolute Gasteiger partial charge is 0.103 e. The van der Waals surface area contributed by atoms with Crippen molar-refractivity contribution in [2.24, 2.45) is 0 Å². The van der Waals surface area contributed by atoms with Gasteiger partial charge in [-0.1, -0.05) is 0 Å². The summed E-state index contributed by atoms with van der Waals surface area (Å²) in [6.07, 6.45) is 0. The molecule has 0 aromatic rings. The van der Waals surface area contributed by atoms with Gasteiger partial charge in [0.05, 0.1) is 0 Å². The van der Waals surface area contributed by atoms with E-state index in [9.17, 15) is 0 Å². The van der Waals surface area contributed by atoms with Crippen LogP contribution in [0.15, 0.2) is 0 Å². The van der Waals surface area contributed by atoms with E-state index in [0.29, 0.717) is 0 Å². The van der Waals surface area contributed by atoms with Crippen LogP contribution in [0.3, 0.4) is 0 Å². The molecule has 2 N–H and O–H groups in total. The lowest BCUT2D eigenvalue weighted by molar-refractivity contribution is 0.824. The zero-order chi connectivity index (χ0) is 3.58. The number of hydrogen-bond acceptors (Lipinski definition) is 0. The van der Waals surface area contributed by atoms with Gasteiger partial charge in [-0.05, 0) is 46.5 Å². The quantitative estimate of drug-likeness (QED) is 0.614. The van der Waals surface area contributed by atoms with Gasteiger partial charge in [-0.15, -0.1) is 0 Å². The topological polar surface area (TPSA) is 31.5 Å². The maximum atomic E-state index is 3.17. The number of hydrogen-bond donors (Lipinski definition) is 0. The fourth-order valence-electron chi connectivity index (χ4n) is 0. The van der Waals surface area contributed by atoms with E-state index >= 15 is 0 Å². The maximum absolute atomic E-state index is 3.17. The van der Waals surface area contributed by atoms with E-state index < -0.39 is 0 Å². The lowest BCUT2D eigenvalue weighted by Crippen LogP contribution is -0.878. The van der Waals surface area contributed by atoms with Crippen LogP contribution in [-0.2, 0) is 0 Å². The first kappa shape index (κ1) is 9.95. The number of rotatable bonds is 0. The van der Waals surface area contributed by atoms with Crippen molar-refractivity contribution in [1.82, 2.24) is 0 Å². The molecule has 5 heavy (non-hydrogen) atoms. The fraction of sp³-hybridized carbons (Fsp3) is 0. The van der Waals surface area contributed by atoms with E-state index in [1.807, 2.05) is 0 Å². The van der Waals surface area contributed by atoms with E-state index in [0.717, 1.165) is 0 Å². The van der Waals surface area contributed by atoms with Gasteiger partial charge < -0.3 is 5.48 Å². The van der Waals surface area contributed by atoms with E-state index in [1.54, 1.807) is 0 Å². The average molecular weight is 289 g/mol. The summed E-state index contributed by atoms with van der Waals surface area (Å²) in [6, 6.07) is 0. The molecule has 0 aromatic carbocycles. The molecule has 0 atom stereocenters. The van der Waals surface area contributed by atoms with Gasteiger partial charge in [-0.25, -0.2) is 0 Å². The van der Waals surface area contributed by atoms with Crippen molar-refractivity contribution in [2.45, 2.75) is 0 Å². The van der Waals surface area contributed by atoms with Gasteiger partial charge in [0, 0.05) is 0 Å². The fourth-order valence-corrected chi connectivity index (χ4v) is 0. The molecule has 0 saturated carbocycles. The van der Waals surface area contributed by atoms with Crippen LogP contribution in [0.2, 0.25) is 0 Å². The molecule has 0 aliphatic carbocycles. The highest BCUT2D eigenvalue weighted by atomic mass is 80.0. The first-order valence-corrected chi connectivity index (χ1v) is 7.90. The SMILES string of the molecule is BrP(Br)Br.O. The molecule has 0 aliphatic rings. The van der Waals surface area contributed by atoms with Gasteiger partial charge >= 0.3 is 0 Å². The molecule has 0 saturated heterocycles. The lowest BCUT2D eigenvalue weighted by Gasteiger charge is -1.70. The molecule has 0 aliphatic heterocycles. The molecule has 5 heteroatoms. The molecule has 0 rings (SSSR count). The molecule has 0 aromatic heterocycles. The van der Waals surface area contributed by atoms with Crippen LogP contribution in [0.25, 0.3) is 0 Å². The van der Waals surface area contributed by atoms with E-state index in [4.69, 9.17) is 0 Å². The first-order valence-electron chi connectivity index (χ1n) is 0.507. The maximum Gasteiger partial charge on any atom is 0.103 e. The largest absolute Gasteiger partial charge is 0.412 e. The lowest BCUT2D eigenvalue weighted by atomic mass is 16.0. The van der Waals surface area contributed by atoms with Crippen LogP contribution < -0.4 is 0 Å². The summed E-state index contributed by atoms with van der Waals surface area (Å²) in [7, 11) is 0.